The third-order valence-corrected chi connectivity index (χ3v) is 0.893. The van der Waals surface area contributed by atoms with Crippen molar-refractivity contribution in [3.05, 3.63) is 21.2 Å². The van der Waals surface area contributed by atoms with Crippen molar-refractivity contribution in [1.82, 2.24) is 9.97 Å². The number of rotatable bonds is 0. The van der Waals surface area contributed by atoms with Gasteiger partial charge in [0.05, 0.1) is 10.7 Å². The van der Waals surface area contributed by atoms with Crippen LogP contribution in [0.25, 0.3) is 13.2 Å². The lowest BCUT2D eigenvalue weighted by molar-refractivity contribution is 1.17. The summed E-state index contributed by atoms with van der Waals surface area (Å²) in [6.07, 6.45) is 0. The lowest BCUT2D eigenvalue weighted by Gasteiger charge is -1.60. The minimum absolute atomic E-state index is 0.250. The van der Waals surface area contributed by atoms with Gasteiger partial charge in [0.25, 0.3) is 0 Å². The van der Waals surface area contributed by atoms with E-state index in [2.05, 4.69) is 23.1 Å². The number of H-pyrrole nitrogens is 2. The lowest BCUT2D eigenvalue weighted by Crippen LogP contribution is -2.19. The van der Waals surface area contributed by atoms with Crippen LogP contribution in [0, 0.1) is 0 Å². The van der Waals surface area contributed by atoms with Gasteiger partial charge in [0.1, 0.15) is 0 Å². The van der Waals surface area contributed by atoms with E-state index in [9.17, 15) is 4.79 Å². The van der Waals surface area contributed by atoms with Crippen molar-refractivity contribution in [2.24, 2.45) is 0 Å². The van der Waals surface area contributed by atoms with Crippen LogP contribution in [-0.2, 0) is 0 Å². The fourth-order valence-electron chi connectivity index (χ4n) is 0.456. The first-order valence-electron chi connectivity index (χ1n) is 2.16. The highest BCUT2D eigenvalue weighted by Crippen LogP contribution is 1.30. The Kier molecular flexibility index (Phi) is 0.836. The van der Waals surface area contributed by atoms with Gasteiger partial charge in [0.2, 0.25) is 0 Å². The molecule has 0 bridgehead atoms. The maximum Gasteiger partial charge on any atom is 0.323 e. The number of aromatic amines is 2. The monoisotopic (exact) mass is 110 g/mol. The van der Waals surface area contributed by atoms with Gasteiger partial charge in [-0.3, -0.25) is 0 Å². The molecule has 1 rings (SSSR count). The molecule has 3 nitrogen and oxygen atoms in total. The fourth-order valence-corrected chi connectivity index (χ4v) is 0.456. The Labute approximate surface area is 45.4 Å². The number of hydrogen-bond donors (Lipinski definition) is 2. The first kappa shape index (κ1) is 4.90. The number of aromatic nitrogens is 2. The molecule has 0 saturated heterocycles. The van der Waals surface area contributed by atoms with Crippen LogP contribution in [0.2, 0.25) is 0 Å². The molecule has 1 heterocycles. The molecule has 42 valence electrons. The van der Waals surface area contributed by atoms with Gasteiger partial charge in [-0.15, -0.1) is 0 Å². The second kappa shape index (κ2) is 1.36. The van der Waals surface area contributed by atoms with E-state index in [0.717, 1.165) is 0 Å². The molecule has 2 N–H and O–H groups in total. The number of nitrogens with one attached hydrogen (secondary N) is 2. The van der Waals surface area contributed by atoms with Gasteiger partial charge in [-0.2, -0.15) is 0 Å². The third-order valence-electron chi connectivity index (χ3n) is 0.893. The van der Waals surface area contributed by atoms with E-state index in [1.165, 1.54) is 0 Å². The summed E-state index contributed by atoms with van der Waals surface area (Å²) in [6, 6.07) is 0. The highest BCUT2D eigenvalue weighted by atomic mass is 16.1. The summed E-state index contributed by atoms with van der Waals surface area (Å²) in [5, 5.41) is 1.10. The smallest absolute Gasteiger partial charge is 0.306 e. The van der Waals surface area contributed by atoms with Crippen molar-refractivity contribution in [1.29, 1.82) is 0 Å². The molecule has 0 radical (unpaired) electrons. The molecular formula is C5H6N2O. The second-order valence-electron chi connectivity index (χ2n) is 1.54. The van der Waals surface area contributed by atoms with E-state index in [1.807, 2.05) is 0 Å². The summed E-state index contributed by atoms with van der Waals surface area (Å²) in [7, 11) is 0. The summed E-state index contributed by atoms with van der Waals surface area (Å²) < 4.78 is 0. The Balaban J connectivity index is 3.86. The van der Waals surface area contributed by atoms with Crippen molar-refractivity contribution in [2.75, 3.05) is 0 Å². The number of imidazole rings is 1. The fraction of sp³-hybridized carbons (Fsp3) is 0. The third kappa shape index (κ3) is 0.578. The zero-order valence-electron chi connectivity index (χ0n) is 4.32. The molecule has 0 fully saturated rings. The Morgan fingerprint density at radius 3 is 1.62 bits per heavy atom. The van der Waals surface area contributed by atoms with Gasteiger partial charge >= 0.3 is 5.69 Å². The average Bonchev–Trinajstić information content (AvgIpc) is 1.85. The van der Waals surface area contributed by atoms with Crippen molar-refractivity contribution in [3.63, 3.8) is 0 Å². The summed E-state index contributed by atoms with van der Waals surface area (Å²) >= 11 is 0. The molecule has 0 aromatic carbocycles. The van der Waals surface area contributed by atoms with E-state index < -0.39 is 0 Å². The van der Waals surface area contributed by atoms with Gasteiger partial charge in [-0.1, -0.05) is 13.2 Å². The Morgan fingerprint density at radius 2 is 1.50 bits per heavy atom. The molecule has 0 atom stereocenters. The molecular weight excluding hydrogens is 104 g/mol. The van der Waals surface area contributed by atoms with Crippen LogP contribution < -0.4 is 16.4 Å². The van der Waals surface area contributed by atoms with E-state index >= 15 is 0 Å². The Hall–Kier alpha value is -1.25. The van der Waals surface area contributed by atoms with Crippen molar-refractivity contribution < 1.29 is 0 Å². The summed E-state index contributed by atoms with van der Waals surface area (Å²) in [5.74, 6) is 0. The predicted octanol–water partition coefficient (Wildman–Crippen LogP) is -1.48. The summed E-state index contributed by atoms with van der Waals surface area (Å²) in [4.78, 5) is 15.2. The minimum Gasteiger partial charge on any atom is -0.306 e. The second-order valence-corrected chi connectivity index (χ2v) is 1.54. The van der Waals surface area contributed by atoms with Crippen LogP contribution in [0.15, 0.2) is 4.79 Å². The predicted molar refractivity (Wildman–Crippen MR) is 31.7 cm³/mol. The van der Waals surface area contributed by atoms with Crippen LogP contribution in [0.5, 0.6) is 0 Å². The maximum atomic E-state index is 10.3. The quantitative estimate of drug-likeness (QED) is 0.420. The molecule has 1 aromatic heterocycles. The first-order valence-corrected chi connectivity index (χ1v) is 2.16. The van der Waals surface area contributed by atoms with Gasteiger partial charge < -0.3 is 9.97 Å². The summed E-state index contributed by atoms with van der Waals surface area (Å²) in [5.41, 5.74) is -0.250. The molecule has 8 heavy (non-hydrogen) atoms. The SMILES string of the molecule is C=c1[nH]c(=O)[nH]c1=C. The topological polar surface area (TPSA) is 48.6 Å². The molecule has 0 aliphatic carbocycles. The Morgan fingerprint density at radius 1 is 1.12 bits per heavy atom. The van der Waals surface area contributed by atoms with Crippen LogP contribution >= 0.6 is 0 Å². The van der Waals surface area contributed by atoms with Crippen LogP contribution in [-0.4, -0.2) is 9.97 Å². The first-order chi connectivity index (χ1) is 3.70. The highest BCUT2D eigenvalue weighted by molar-refractivity contribution is 5.01. The normalized spacial score (nSPS) is 9.50. The molecule has 1 aromatic rings. The standard InChI is InChI=1S/C5H6N2O/c1-3-4(2)7-5(8)6-3/h1-2H2,(H2,6,7,8). The van der Waals surface area contributed by atoms with E-state index in [0.29, 0.717) is 10.7 Å². The van der Waals surface area contributed by atoms with E-state index in [1.54, 1.807) is 0 Å². The largest absolute Gasteiger partial charge is 0.323 e. The zero-order chi connectivity index (χ0) is 6.15. The van der Waals surface area contributed by atoms with Crippen molar-refractivity contribution in [2.45, 2.75) is 0 Å². The average molecular weight is 110 g/mol. The Bertz CT molecular complexity index is 288. The molecule has 3 heteroatoms. The van der Waals surface area contributed by atoms with Crippen LogP contribution in [0.4, 0.5) is 0 Å². The summed E-state index contributed by atoms with van der Waals surface area (Å²) in [6.45, 7) is 6.98. The van der Waals surface area contributed by atoms with Crippen LogP contribution in [0.1, 0.15) is 0 Å². The minimum atomic E-state index is -0.250. The molecule has 0 aliphatic heterocycles. The maximum absolute atomic E-state index is 10.3. The molecule has 0 unspecified atom stereocenters. The van der Waals surface area contributed by atoms with E-state index in [4.69, 9.17) is 0 Å². The number of hydrogen-bond acceptors (Lipinski definition) is 1. The van der Waals surface area contributed by atoms with Gasteiger partial charge in [0.15, 0.2) is 0 Å². The van der Waals surface area contributed by atoms with Crippen molar-refractivity contribution in [3.8, 4) is 0 Å². The van der Waals surface area contributed by atoms with Crippen molar-refractivity contribution >= 4 is 13.2 Å². The van der Waals surface area contributed by atoms with Gasteiger partial charge in [-0.25, -0.2) is 4.79 Å². The molecule has 0 amide bonds. The molecule has 0 spiro atoms. The highest BCUT2D eigenvalue weighted by Gasteiger charge is 1.80. The zero-order valence-corrected chi connectivity index (χ0v) is 4.32. The molecule has 0 aliphatic rings. The van der Waals surface area contributed by atoms with Crippen LogP contribution in [0.3, 0.4) is 0 Å². The van der Waals surface area contributed by atoms with E-state index in [-0.39, 0.29) is 5.69 Å². The van der Waals surface area contributed by atoms with Gasteiger partial charge in [0, 0.05) is 0 Å². The molecule has 0 saturated carbocycles. The lowest BCUT2D eigenvalue weighted by atomic mass is 10.6. The van der Waals surface area contributed by atoms with Gasteiger partial charge in [-0.05, 0) is 0 Å².